The minimum absolute atomic E-state index is 0.0498. The van der Waals surface area contributed by atoms with E-state index in [1.54, 1.807) is 20.8 Å². The Balaban J connectivity index is 2.11. The Kier molecular flexibility index (Phi) is 3.47. The average molecular weight is 271 g/mol. The third-order valence-electron chi connectivity index (χ3n) is 3.74. The Bertz CT molecular complexity index is 389. The molecule has 2 rings (SSSR count). The number of hydrogen-bond donors (Lipinski definition) is 1. The van der Waals surface area contributed by atoms with Crippen molar-refractivity contribution in [3.8, 4) is 0 Å². The predicted molar refractivity (Wildman–Crippen MR) is 66.8 cm³/mol. The van der Waals surface area contributed by atoms with Crippen LogP contribution in [0.1, 0.15) is 27.2 Å². The van der Waals surface area contributed by atoms with E-state index >= 15 is 0 Å². The van der Waals surface area contributed by atoms with Crippen LogP contribution in [0.4, 0.5) is 4.79 Å². The van der Waals surface area contributed by atoms with Crippen molar-refractivity contribution in [1.82, 2.24) is 4.90 Å². The fourth-order valence-corrected chi connectivity index (χ4v) is 2.76. The number of carbonyl (C=O) groups is 2. The number of fused-ring (bicyclic) bond motifs is 1. The van der Waals surface area contributed by atoms with E-state index in [2.05, 4.69) is 0 Å². The summed E-state index contributed by atoms with van der Waals surface area (Å²) in [7, 11) is 0. The summed E-state index contributed by atoms with van der Waals surface area (Å²) >= 11 is 0. The standard InChI is InChI=1S/C13H21NO5/c1-12(2,3)19-11(17)14-6-9-4-5-18-8-13(9,7-14)10(15)16/h9H,4-8H2,1-3H3,(H,15,16)/t9-,13+/m1/s1. The first-order valence-electron chi connectivity index (χ1n) is 6.54. The van der Waals surface area contributed by atoms with E-state index in [-0.39, 0.29) is 19.1 Å². The minimum Gasteiger partial charge on any atom is -0.481 e. The van der Waals surface area contributed by atoms with Gasteiger partial charge >= 0.3 is 12.1 Å². The van der Waals surface area contributed by atoms with Gasteiger partial charge in [0.05, 0.1) is 6.61 Å². The maximum absolute atomic E-state index is 12.0. The van der Waals surface area contributed by atoms with E-state index < -0.39 is 23.1 Å². The van der Waals surface area contributed by atoms with E-state index in [0.717, 1.165) is 0 Å². The second-order valence-electron chi connectivity index (χ2n) is 6.36. The molecular formula is C13H21NO5. The molecule has 108 valence electrons. The lowest BCUT2D eigenvalue weighted by atomic mass is 9.76. The molecular weight excluding hydrogens is 250 g/mol. The molecule has 0 aromatic heterocycles. The van der Waals surface area contributed by atoms with Crippen molar-refractivity contribution in [2.45, 2.75) is 32.8 Å². The Hall–Kier alpha value is -1.30. The Morgan fingerprint density at radius 3 is 2.63 bits per heavy atom. The summed E-state index contributed by atoms with van der Waals surface area (Å²) in [5.41, 5.74) is -1.53. The van der Waals surface area contributed by atoms with Crippen LogP contribution < -0.4 is 0 Å². The fourth-order valence-electron chi connectivity index (χ4n) is 2.76. The van der Waals surface area contributed by atoms with Crippen molar-refractivity contribution in [1.29, 1.82) is 0 Å². The van der Waals surface area contributed by atoms with Gasteiger partial charge in [-0.25, -0.2) is 4.79 Å². The highest BCUT2D eigenvalue weighted by molar-refractivity contribution is 5.78. The van der Waals surface area contributed by atoms with E-state index in [1.165, 1.54) is 4.90 Å². The smallest absolute Gasteiger partial charge is 0.410 e. The van der Waals surface area contributed by atoms with Gasteiger partial charge in [-0.2, -0.15) is 0 Å². The van der Waals surface area contributed by atoms with E-state index in [0.29, 0.717) is 19.6 Å². The van der Waals surface area contributed by atoms with Crippen LogP contribution in [0.3, 0.4) is 0 Å². The Labute approximate surface area is 112 Å². The van der Waals surface area contributed by atoms with Gasteiger partial charge in [-0.3, -0.25) is 4.79 Å². The number of likely N-dealkylation sites (tertiary alicyclic amines) is 1. The van der Waals surface area contributed by atoms with Crippen LogP contribution >= 0.6 is 0 Å². The number of carboxylic acid groups (broad SMARTS) is 1. The van der Waals surface area contributed by atoms with Gasteiger partial charge in [-0.15, -0.1) is 0 Å². The monoisotopic (exact) mass is 271 g/mol. The number of carboxylic acids is 1. The summed E-state index contributed by atoms with van der Waals surface area (Å²) < 4.78 is 10.6. The van der Waals surface area contributed by atoms with Crippen LogP contribution in [0.25, 0.3) is 0 Å². The van der Waals surface area contributed by atoms with Crippen LogP contribution in [0.15, 0.2) is 0 Å². The Morgan fingerprint density at radius 1 is 1.42 bits per heavy atom. The zero-order chi connectivity index (χ0) is 14.3. The zero-order valence-electron chi connectivity index (χ0n) is 11.6. The van der Waals surface area contributed by atoms with Crippen molar-refractivity contribution >= 4 is 12.1 Å². The SMILES string of the molecule is CC(C)(C)OC(=O)N1C[C@H]2CCOC[C@@]2(C(=O)O)C1. The van der Waals surface area contributed by atoms with Gasteiger partial charge in [0.1, 0.15) is 11.0 Å². The third-order valence-corrected chi connectivity index (χ3v) is 3.74. The van der Waals surface area contributed by atoms with E-state index in [4.69, 9.17) is 9.47 Å². The first kappa shape index (κ1) is 14.1. The molecule has 2 atom stereocenters. The molecule has 19 heavy (non-hydrogen) atoms. The third kappa shape index (κ3) is 2.68. The normalized spacial score (nSPS) is 30.9. The van der Waals surface area contributed by atoms with Gasteiger partial charge in [0, 0.05) is 19.7 Å². The summed E-state index contributed by atoms with van der Waals surface area (Å²) in [5, 5.41) is 9.47. The van der Waals surface area contributed by atoms with Crippen LogP contribution in [-0.4, -0.2) is 54.0 Å². The molecule has 2 aliphatic rings. The minimum atomic E-state index is -0.963. The molecule has 6 nitrogen and oxygen atoms in total. The molecule has 2 heterocycles. The number of carbonyl (C=O) groups excluding carboxylic acids is 1. The van der Waals surface area contributed by atoms with Crippen LogP contribution in [0, 0.1) is 11.3 Å². The van der Waals surface area contributed by atoms with Crippen LogP contribution in [0.5, 0.6) is 0 Å². The second-order valence-corrected chi connectivity index (χ2v) is 6.36. The summed E-state index contributed by atoms with van der Waals surface area (Å²) in [5.74, 6) is -0.936. The molecule has 0 aliphatic carbocycles. The van der Waals surface area contributed by atoms with Crippen molar-refractivity contribution < 1.29 is 24.2 Å². The van der Waals surface area contributed by atoms with Gasteiger partial charge in [0.2, 0.25) is 0 Å². The molecule has 6 heteroatoms. The first-order chi connectivity index (χ1) is 8.74. The number of rotatable bonds is 1. The summed E-state index contributed by atoms with van der Waals surface area (Å²) in [4.78, 5) is 25.1. The van der Waals surface area contributed by atoms with Gasteiger partial charge in [0.15, 0.2) is 0 Å². The number of aliphatic carboxylic acids is 1. The average Bonchev–Trinajstić information content (AvgIpc) is 2.67. The molecule has 0 spiro atoms. The maximum Gasteiger partial charge on any atom is 0.410 e. The molecule has 1 amide bonds. The van der Waals surface area contributed by atoms with Gasteiger partial charge in [-0.05, 0) is 33.1 Å². The van der Waals surface area contributed by atoms with Crippen molar-refractivity contribution in [2.24, 2.45) is 11.3 Å². The number of nitrogens with zero attached hydrogens (tertiary/aromatic N) is 1. The molecule has 1 N–H and O–H groups in total. The van der Waals surface area contributed by atoms with E-state index in [1.807, 2.05) is 0 Å². The molecule has 0 aromatic carbocycles. The van der Waals surface area contributed by atoms with Crippen LogP contribution in [0.2, 0.25) is 0 Å². The van der Waals surface area contributed by atoms with E-state index in [9.17, 15) is 14.7 Å². The number of ether oxygens (including phenoxy) is 2. The fraction of sp³-hybridized carbons (Fsp3) is 0.846. The molecule has 0 aromatic rings. The first-order valence-corrected chi connectivity index (χ1v) is 6.54. The Morgan fingerprint density at radius 2 is 2.11 bits per heavy atom. The quantitative estimate of drug-likeness (QED) is 0.779. The zero-order valence-corrected chi connectivity index (χ0v) is 11.6. The largest absolute Gasteiger partial charge is 0.481 e. The maximum atomic E-state index is 12.0. The lowest BCUT2D eigenvalue weighted by Gasteiger charge is -2.33. The van der Waals surface area contributed by atoms with Crippen molar-refractivity contribution in [2.75, 3.05) is 26.3 Å². The highest BCUT2D eigenvalue weighted by atomic mass is 16.6. The molecule has 2 fully saturated rings. The lowest BCUT2D eigenvalue weighted by molar-refractivity contribution is -0.159. The van der Waals surface area contributed by atoms with Gasteiger partial charge in [-0.1, -0.05) is 0 Å². The topological polar surface area (TPSA) is 76.1 Å². The van der Waals surface area contributed by atoms with Gasteiger partial charge < -0.3 is 19.5 Å². The highest BCUT2D eigenvalue weighted by Gasteiger charge is 2.55. The molecule has 2 aliphatic heterocycles. The second kappa shape index (κ2) is 4.67. The summed E-state index contributed by atoms with van der Waals surface area (Å²) in [6.45, 7) is 6.72. The summed E-state index contributed by atoms with van der Waals surface area (Å²) in [6.07, 6.45) is 0.230. The number of amides is 1. The van der Waals surface area contributed by atoms with Crippen LogP contribution in [-0.2, 0) is 14.3 Å². The predicted octanol–water partition coefficient (Wildman–Crippen LogP) is 1.34. The molecule has 0 unspecified atom stereocenters. The molecule has 0 bridgehead atoms. The highest BCUT2D eigenvalue weighted by Crippen LogP contribution is 2.42. The molecule has 0 radical (unpaired) electrons. The number of hydrogen-bond acceptors (Lipinski definition) is 4. The van der Waals surface area contributed by atoms with Gasteiger partial charge in [0.25, 0.3) is 0 Å². The van der Waals surface area contributed by atoms with Crippen molar-refractivity contribution in [3.05, 3.63) is 0 Å². The lowest BCUT2D eigenvalue weighted by Crippen LogP contribution is -2.46. The summed E-state index contributed by atoms with van der Waals surface area (Å²) in [6, 6.07) is 0. The van der Waals surface area contributed by atoms with Crippen molar-refractivity contribution in [3.63, 3.8) is 0 Å². The molecule has 2 saturated heterocycles. The molecule has 0 saturated carbocycles.